The van der Waals surface area contributed by atoms with E-state index in [2.05, 4.69) is 19.1 Å². The molecule has 1 aliphatic carbocycles. The van der Waals surface area contributed by atoms with Crippen LogP contribution >= 0.6 is 0 Å². The Morgan fingerprint density at radius 2 is 1.78 bits per heavy atom. The molecular weight excluding hydrogens is 371 g/mol. The number of allylic oxidation sites excluding steroid dienone is 2. The Morgan fingerprint density at radius 3 is 2.26 bits per heavy atom. The van der Waals surface area contributed by atoms with Gasteiger partial charge in [-0.05, 0) is 56.1 Å². The molecule has 2 rings (SSSR count). The molecule has 23 heavy (non-hydrogen) atoms. The molecule has 0 aliphatic heterocycles. The predicted octanol–water partition coefficient (Wildman–Crippen LogP) is 6.30. The van der Waals surface area contributed by atoms with Crippen LogP contribution in [0.1, 0.15) is 58.9 Å². The zero-order valence-electron chi connectivity index (χ0n) is 14.4. The van der Waals surface area contributed by atoms with E-state index in [1.807, 2.05) is 13.8 Å². The minimum Gasteiger partial charge on any atom is -0.494 e. The smallest absolute Gasteiger partial charge is 0.200 e. The van der Waals surface area contributed by atoms with Crippen LogP contribution in [0.3, 0.4) is 0 Å². The summed E-state index contributed by atoms with van der Waals surface area (Å²) in [5, 5.41) is 0. The SMILES string of the molecule is C/C=C/C1CCC(c2ccc(OC)c(F)c2F)CC1.[CH2-]CC.[HH].[Y]. The molecule has 1 aromatic rings. The van der Waals surface area contributed by atoms with Gasteiger partial charge in [-0.3, -0.25) is 0 Å². The van der Waals surface area contributed by atoms with Crippen molar-refractivity contribution in [3.8, 4) is 5.75 Å². The van der Waals surface area contributed by atoms with Crippen molar-refractivity contribution < 1.29 is 47.7 Å². The summed E-state index contributed by atoms with van der Waals surface area (Å²) in [6.07, 6.45) is 9.19. The van der Waals surface area contributed by atoms with Gasteiger partial charge in [0.1, 0.15) is 0 Å². The van der Waals surface area contributed by atoms with Crippen molar-refractivity contribution in [2.75, 3.05) is 7.11 Å². The molecule has 0 spiro atoms. The Bertz CT molecular complexity index is 487. The number of benzene rings is 1. The van der Waals surface area contributed by atoms with Crippen molar-refractivity contribution in [1.29, 1.82) is 0 Å². The summed E-state index contributed by atoms with van der Waals surface area (Å²) in [5.74, 6) is -0.914. The standard InChI is InChI=1S/C16H20F2O.C3H7.Y.H2/c1-3-4-11-5-7-12(8-6-11)13-9-10-14(19-2)16(18)15(13)17;1-3-2;;/h3-4,9-12H,5-8H2,1-2H3;1,3H2,2H3;;1H/q;-1;;/b4-3+;;;. The van der Waals surface area contributed by atoms with Crippen molar-refractivity contribution in [2.45, 2.75) is 51.9 Å². The first kappa shape index (κ1) is 22.7. The predicted molar refractivity (Wildman–Crippen MR) is 90.2 cm³/mol. The first-order chi connectivity index (χ1) is 10.6. The first-order valence-electron chi connectivity index (χ1n) is 8.02. The Hall–Kier alpha value is -0.276. The van der Waals surface area contributed by atoms with Gasteiger partial charge >= 0.3 is 0 Å². The minimum atomic E-state index is -0.865. The summed E-state index contributed by atoms with van der Waals surface area (Å²) in [6.45, 7) is 7.52. The number of halogens is 2. The van der Waals surface area contributed by atoms with E-state index < -0.39 is 11.6 Å². The molecule has 0 heterocycles. The Kier molecular flexibility index (Phi) is 12.0. The average molecular weight is 400 g/mol. The maximum Gasteiger partial charge on any atom is 0.200 e. The van der Waals surface area contributed by atoms with Crippen LogP contribution in [0.15, 0.2) is 24.3 Å². The number of rotatable bonds is 3. The Labute approximate surface area is 166 Å². The van der Waals surface area contributed by atoms with Crippen LogP contribution in [-0.4, -0.2) is 7.11 Å². The van der Waals surface area contributed by atoms with Gasteiger partial charge in [0, 0.05) is 34.1 Å². The van der Waals surface area contributed by atoms with Crippen LogP contribution in [0.2, 0.25) is 0 Å². The maximum absolute atomic E-state index is 14.0. The molecule has 0 amide bonds. The Balaban J connectivity index is 0. The van der Waals surface area contributed by atoms with E-state index in [1.165, 1.54) is 13.2 Å². The fourth-order valence-corrected chi connectivity index (χ4v) is 2.91. The van der Waals surface area contributed by atoms with Crippen LogP contribution < -0.4 is 4.74 Å². The molecule has 0 unspecified atom stereocenters. The van der Waals surface area contributed by atoms with Gasteiger partial charge in [-0.1, -0.05) is 25.1 Å². The molecule has 0 N–H and O–H groups in total. The largest absolute Gasteiger partial charge is 0.494 e. The molecule has 1 nitrogen and oxygen atoms in total. The summed E-state index contributed by atoms with van der Waals surface area (Å²) in [5.41, 5.74) is 0.497. The van der Waals surface area contributed by atoms with Gasteiger partial charge in [0.15, 0.2) is 11.6 Å². The van der Waals surface area contributed by atoms with Crippen LogP contribution in [0.4, 0.5) is 8.78 Å². The third-order valence-corrected chi connectivity index (χ3v) is 3.97. The van der Waals surface area contributed by atoms with Crippen molar-refractivity contribution in [3.05, 3.63) is 48.4 Å². The van der Waals surface area contributed by atoms with Gasteiger partial charge in [-0.15, -0.1) is 0 Å². The van der Waals surface area contributed by atoms with E-state index >= 15 is 0 Å². The monoisotopic (exact) mass is 400 g/mol. The number of ether oxygens (including phenoxy) is 1. The second-order valence-electron chi connectivity index (χ2n) is 5.62. The normalized spacial score (nSPS) is 20.4. The summed E-state index contributed by atoms with van der Waals surface area (Å²) >= 11 is 0. The van der Waals surface area contributed by atoms with Crippen LogP contribution in [0.5, 0.6) is 5.75 Å². The van der Waals surface area contributed by atoms with Crippen molar-refractivity contribution in [1.82, 2.24) is 0 Å². The van der Waals surface area contributed by atoms with Gasteiger partial charge in [-0.2, -0.15) is 10.8 Å². The molecule has 0 atom stereocenters. The first-order valence-corrected chi connectivity index (χ1v) is 8.02. The van der Waals surface area contributed by atoms with E-state index in [0.29, 0.717) is 11.5 Å². The van der Waals surface area contributed by atoms with Crippen LogP contribution in [0.25, 0.3) is 0 Å². The quantitative estimate of drug-likeness (QED) is 0.428. The fourth-order valence-electron chi connectivity index (χ4n) is 2.91. The third kappa shape index (κ3) is 6.62. The summed E-state index contributed by atoms with van der Waals surface area (Å²) < 4.78 is 32.5. The van der Waals surface area contributed by atoms with E-state index in [9.17, 15) is 8.78 Å². The van der Waals surface area contributed by atoms with Gasteiger partial charge in [0.25, 0.3) is 0 Å². The molecule has 1 radical (unpaired) electrons. The van der Waals surface area contributed by atoms with Crippen molar-refractivity contribution in [3.63, 3.8) is 0 Å². The van der Waals surface area contributed by atoms with Gasteiger partial charge in [0.2, 0.25) is 5.82 Å². The molecule has 1 saturated carbocycles. The molecule has 129 valence electrons. The summed E-state index contributed by atoms with van der Waals surface area (Å²) in [7, 11) is 1.35. The topological polar surface area (TPSA) is 9.23 Å². The number of methoxy groups -OCH3 is 1. The molecule has 1 aromatic carbocycles. The van der Waals surface area contributed by atoms with E-state index in [4.69, 9.17) is 4.74 Å². The second kappa shape index (κ2) is 12.1. The zero-order valence-corrected chi connectivity index (χ0v) is 17.3. The number of hydrogen-bond donors (Lipinski definition) is 0. The molecule has 0 bridgehead atoms. The molecule has 0 saturated heterocycles. The maximum atomic E-state index is 14.0. The van der Waals surface area contributed by atoms with Crippen LogP contribution in [-0.2, 0) is 32.7 Å². The number of hydrogen-bond acceptors (Lipinski definition) is 1. The molecule has 4 heteroatoms. The van der Waals surface area contributed by atoms with Gasteiger partial charge in [0.05, 0.1) is 7.11 Å². The average Bonchev–Trinajstić information content (AvgIpc) is 2.52. The molecule has 0 aromatic heterocycles. The zero-order chi connectivity index (χ0) is 16.5. The van der Waals surface area contributed by atoms with Crippen molar-refractivity contribution in [2.24, 2.45) is 5.92 Å². The van der Waals surface area contributed by atoms with Gasteiger partial charge < -0.3 is 11.7 Å². The Morgan fingerprint density at radius 1 is 1.22 bits per heavy atom. The van der Waals surface area contributed by atoms with Gasteiger partial charge in [-0.25, -0.2) is 4.39 Å². The second-order valence-corrected chi connectivity index (χ2v) is 5.62. The van der Waals surface area contributed by atoms with Crippen LogP contribution in [0, 0.1) is 24.5 Å². The minimum absolute atomic E-state index is 0. The van der Waals surface area contributed by atoms with Crippen molar-refractivity contribution >= 4 is 0 Å². The fraction of sp³-hybridized carbons (Fsp3) is 0.526. The molecule has 1 aliphatic rings. The third-order valence-electron chi connectivity index (χ3n) is 3.97. The molecule has 1 fully saturated rings. The van der Waals surface area contributed by atoms with E-state index in [0.717, 1.165) is 32.1 Å². The van der Waals surface area contributed by atoms with E-state index in [1.54, 1.807) is 6.07 Å². The summed E-state index contributed by atoms with van der Waals surface area (Å²) in [4.78, 5) is 0. The van der Waals surface area contributed by atoms with E-state index in [-0.39, 0.29) is 45.8 Å². The summed E-state index contributed by atoms with van der Waals surface area (Å²) in [6, 6.07) is 3.18. The molecular formula is C19H29F2OY-.